The Morgan fingerprint density at radius 3 is 2.61 bits per heavy atom. The predicted molar refractivity (Wildman–Crippen MR) is 77.5 cm³/mol. The lowest BCUT2D eigenvalue weighted by Gasteiger charge is -2.21. The second-order valence-corrected chi connectivity index (χ2v) is 4.09. The lowest BCUT2D eigenvalue weighted by atomic mass is 10.1. The Morgan fingerprint density at radius 1 is 1.50 bits per heavy atom. The van der Waals surface area contributed by atoms with E-state index in [2.05, 4.69) is 23.8 Å². The first-order valence-corrected chi connectivity index (χ1v) is 6.40. The van der Waals surface area contributed by atoms with Crippen molar-refractivity contribution in [3.05, 3.63) is 24.4 Å². The van der Waals surface area contributed by atoms with Crippen LogP contribution >= 0.6 is 0 Å². The molecule has 102 valence electrons. The van der Waals surface area contributed by atoms with Gasteiger partial charge in [-0.25, -0.2) is 4.99 Å². The van der Waals surface area contributed by atoms with Crippen molar-refractivity contribution in [1.29, 1.82) is 0 Å². The van der Waals surface area contributed by atoms with E-state index in [0.29, 0.717) is 6.54 Å². The molecule has 0 fully saturated rings. The first kappa shape index (κ1) is 16.4. The maximum Gasteiger partial charge on any atom is 0.224 e. The van der Waals surface area contributed by atoms with Crippen LogP contribution in [0.25, 0.3) is 0 Å². The van der Waals surface area contributed by atoms with Crippen LogP contribution in [0.4, 0.5) is 0 Å². The fraction of sp³-hybridized carbons (Fsp3) is 0.571. The smallest absolute Gasteiger partial charge is 0.224 e. The highest BCUT2D eigenvalue weighted by molar-refractivity contribution is 5.78. The Balaban J connectivity index is 4.51. The van der Waals surface area contributed by atoms with Gasteiger partial charge in [0.25, 0.3) is 0 Å². The number of hydrogen-bond donors (Lipinski definition) is 1. The summed E-state index contributed by atoms with van der Waals surface area (Å²) in [4.78, 5) is 17.9. The molecule has 1 N–H and O–H groups in total. The minimum Gasteiger partial charge on any atom is -0.362 e. The highest BCUT2D eigenvalue weighted by Gasteiger charge is 2.13. The Labute approximate surface area is 110 Å². The molecule has 1 atom stereocenters. The van der Waals surface area contributed by atoms with Crippen LogP contribution in [0.1, 0.15) is 27.2 Å². The van der Waals surface area contributed by atoms with Crippen LogP contribution in [-0.2, 0) is 4.79 Å². The monoisotopic (exact) mass is 251 g/mol. The van der Waals surface area contributed by atoms with Crippen LogP contribution in [0.5, 0.6) is 0 Å². The van der Waals surface area contributed by atoms with Gasteiger partial charge < -0.3 is 10.2 Å². The molecule has 0 rings (SSSR count). The number of hydrogen-bond acceptors (Lipinski definition) is 2. The van der Waals surface area contributed by atoms with Gasteiger partial charge in [0.15, 0.2) is 0 Å². The van der Waals surface area contributed by atoms with Crippen molar-refractivity contribution >= 4 is 12.2 Å². The van der Waals surface area contributed by atoms with Crippen molar-refractivity contribution in [3.8, 4) is 0 Å². The molecule has 0 aliphatic heterocycles. The number of aliphatic imine (C=N–C) groups is 1. The Morgan fingerprint density at radius 2 is 2.17 bits per heavy atom. The fourth-order valence-corrected chi connectivity index (χ4v) is 1.48. The van der Waals surface area contributed by atoms with E-state index >= 15 is 0 Å². The van der Waals surface area contributed by atoms with Crippen LogP contribution in [0.15, 0.2) is 29.4 Å². The van der Waals surface area contributed by atoms with Gasteiger partial charge in [0.1, 0.15) is 0 Å². The first-order chi connectivity index (χ1) is 8.58. The number of allylic oxidation sites excluding steroid dienone is 3. The molecule has 0 saturated carbocycles. The van der Waals surface area contributed by atoms with Gasteiger partial charge in [-0.1, -0.05) is 26.5 Å². The van der Waals surface area contributed by atoms with E-state index in [1.165, 1.54) is 0 Å². The molecule has 0 heterocycles. The normalized spacial score (nSPS) is 13.4. The Kier molecular flexibility index (Phi) is 8.62. The topological polar surface area (TPSA) is 44.7 Å². The second-order valence-electron chi connectivity index (χ2n) is 4.09. The molecule has 0 radical (unpaired) electrons. The van der Waals surface area contributed by atoms with E-state index in [1.54, 1.807) is 19.5 Å². The molecule has 0 spiro atoms. The van der Waals surface area contributed by atoms with Crippen LogP contribution in [0, 0.1) is 5.92 Å². The third kappa shape index (κ3) is 6.23. The average molecular weight is 251 g/mol. The molecule has 0 saturated heterocycles. The van der Waals surface area contributed by atoms with E-state index < -0.39 is 0 Å². The van der Waals surface area contributed by atoms with E-state index in [1.807, 2.05) is 24.8 Å². The van der Waals surface area contributed by atoms with Gasteiger partial charge >= 0.3 is 0 Å². The summed E-state index contributed by atoms with van der Waals surface area (Å²) in [6, 6.07) is 0. The Bertz CT molecular complexity index is 321. The number of rotatable bonds is 8. The molecular formula is C14H25N3O. The second kappa shape index (κ2) is 9.45. The molecule has 0 aliphatic rings. The van der Waals surface area contributed by atoms with Crippen molar-refractivity contribution in [1.82, 2.24) is 10.2 Å². The first-order valence-electron chi connectivity index (χ1n) is 6.40. The SMILES string of the molecule is C=C/C=C(\CC)N=CN(CC)CC(C)C(=O)NC. The fourth-order valence-electron chi connectivity index (χ4n) is 1.48. The third-order valence-corrected chi connectivity index (χ3v) is 2.67. The van der Waals surface area contributed by atoms with Crippen molar-refractivity contribution in [3.63, 3.8) is 0 Å². The van der Waals surface area contributed by atoms with Gasteiger partial charge in [0, 0.05) is 25.8 Å². The summed E-state index contributed by atoms with van der Waals surface area (Å²) in [5, 5.41) is 2.66. The summed E-state index contributed by atoms with van der Waals surface area (Å²) in [7, 11) is 1.66. The molecule has 1 unspecified atom stereocenters. The van der Waals surface area contributed by atoms with Crippen LogP contribution in [-0.4, -0.2) is 37.3 Å². The largest absolute Gasteiger partial charge is 0.362 e. The molecular weight excluding hydrogens is 226 g/mol. The molecule has 18 heavy (non-hydrogen) atoms. The number of nitrogens with zero attached hydrogens (tertiary/aromatic N) is 2. The quantitative estimate of drug-likeness (QED) is 0.408. The lowest BCUT2D eigenvalue weighted by molar-refractivity contribution is -0.124. The maximum atomic E-state index is 11.5. The molecule has 1 amide bonds. The molecule has 0 bridgehead atoms. The van der Waals surface area contributed by atoms with Crippen molar-refractivity contribution < 1.29 is 4.79 Å². The number of amides is 1. The van der Waals surface area contributed by atoms with E-state index in [9.17, 15) is 4.79 Å². The zero-order chi connectivity index (χ0) is 14.0. The maximum absolute atomic E-state index is 11.5. The Hall–Kier alpha value is -1.58. The molecule has 0 aromatic carbocycles. The minimum atomic E-state index is -0.0464. The van der Waals surface area contributed by atoms with Crippen LogP contribution < -0.4 is 5.32 Å². The third-order valence-electron chi connectivity index (χ3n) is 2.67. The molecule has 0 aromatic rings. The van der Waals surface area contributed by atoms with Gasteiger partial charge in [-0.2, -0.15) is 0 Å². The zero-order valence-corrected chi connectivity index (χ0v) is 11.9. The highest BCUT2D eigenvalue weighted by Crippen LogP contribution is 2.03. The van der Waals surface area contributed by atoms with Crippen LogP contribution in [0.3, 0.4) is 0 Å². The summed E-state index contributed by atoms with van der Waals surface area (Å²) in [6.45, 7) is 11.2. The van der Waals surface area contributed by atoms with E-state index in [0.717, 1.165) is 18.7 Å². The summed E-state index contributed by atoms with van der Waals surface area (Å²) in [5.74, 6) is 0.00839. The van der Waals surface area contributed by atoms with Gasteiger partial charge in [-0.05, 0) is 19.4 Å². The van der Waals surface area contributed by atoms with E-state index in [-0.39, 0.29) is 11.8 Å². The zero-order valence-electron chi connectivity index (χ0n) is 11.9. The summed E-state index contributed by atoms with van der Waals surface area (Å²) in [5.41, 5.74) is 0.982. The molecule has 0 aromatic heterocycles. The van der Waals surface area contributed by atoms with Crippen molar-refractivity contribution in [2.24, 2.45) is 10.9 Å². The highest BCUT2D eigenvalue weighted by atomic mass is 16.1. The van der Waals surface area contributed by atoms with Crippen LogP contribution in [0.2, 0.25) is 0 Å². The average Bonchev–Trinajstić information content (AvgIpc) is 2.40. The minimum absolute atomic E-state index is 0.0464. The lowest BCUT2D eigenvalue weighted by Crippen LogP contribution is -2.35. The standard InChI is InChI=1S/C14H25N3O/c1-6-9-13(7-2)16-11-17(8-3)10-12(4)14(18)15-5/h6,9,11-12H,1,7-8,10H2,2-5H3,(H,15,18)/b13-9+,16-11?. The summed E-state index contributed by atoms with van der Waals surface area (Å²) < 4.78 is 0. The van der Waals surface area contributed by atoms with Gasteiger partial charge in [0.05, 0.1) is 12.3 Å². The summed E-state index contributed by atoms with van der Waals surface area (Å²) >= 11 is 0. The molecule has 0 aliphatic carbocycles. The van der Waals surface area contributed by atoms with Crippen molar-refractivity contribution in [2.75, 3.05) is 20.1 Å². The molecule has 4 heteroatoms. The van der Waals surface area contributed by atoms with Crippen molar-refractivity contribution in [2.45, 2.75) is 27.2 Å². The number of carbonyl (C=O) groups excluding carboxylic acids is 1. The van der Waals surface area contributed by atoms with Gasteiger partial charge in [0.2, 0.25) is 5.91 Å². The summed E-state index contributed by atoms with van der Waals surface area (Å²) in [6.07, 6.45) is 6.30. The van der Waals surface area contributed by atoms with E-state index in [4.69, 9.17) is 0 Å². The number of nitrogens with one attached hydrogen (secondary N) is 1. The van der Waals surface area contributed by atoms with Gasteiger partial charge in [-0.3, -0.25) is 4.79 Å². The predicted octanol–water partition coefficient (Wildman–Crippen LogP) is 2.20. The number of carbonyl (C=O) groups is 1. The van der Waals surface area contributed by atoms with Gasteiger partial charge in [-0.15, -0.1) is 0 Å². The molecule has 4 nitrogen and oxygen atoms in total.